The minimum atomic E-state index is -0.341. The van der Waals surface area contributed by atoms with Crippen LogP contribution in [0.1, 0.15) is 13.3 Å². The van der Waals surface area contributed by atoms with Crippen LogP contribution in [-0.4, -0.2) is 17.6 Å². The standard InChI is InChI=1S/C19H17BrFN3OS/c1-2-10-24(18(25)22-16-8-6-15(21)7-9-16)19-23-17(12-26-19)13-4-3-5-14(20)11-13/h3-9,11-12H,2,10H2,1H3,(H,22,25). The molecular weight excluding hydrogens is 417 g/mol. The van der Waals surface area contributed by atoms with Gasteiger partial charge in [0, 0.05) is 27.6 Å². The molecule has 0 saturated heterocycles. The number of thiazole rings is 1. The Kier molecular flexibility index (Phi) is 6.00. The summed E-state index contributed by atoms with van der Waals surface area (Å²) >= 11 is 4.88. The van der Waals surface area contributed by atoms with E-state index in [9.17, 15) is 9.18 Å². The van der Waals surface area contributed by atoms with Crippen molar-refractivity contribution in [3.05, 3.63) is 64.2 Å². The van der Waals surface area contributed by atoms with E-state index in [0.29, 0.717) is 17.4 Å². The highest BCUT2D eigenvalue weighted by Crippen LogP contribution is 2.29. The molecule has 0 radical (unpaired) electrons. The van der Waals surface area contributed by atoms with Crippen molar-refractivity contribution >= 4 is 44.1 Å². The molecule has 3 rings (SSSR count). The summed E-state index contributed by atoms with van der Waals surface area (Å²) in [6, 6.07) is 13.3. The first-order valence-electron chi connectivity index (χ1n) is 8.12. The predicted octanol–water partition coefficient (Wildman–Crippen LogP) is 6.16. The highest BCUT2D eigenvalue weighted by molar-refractivity contribution is 9.10. The lowest BCUT2D eigenvalue weighted by Crippen LogP contribution is -2.35. The van der Waals surface area contributed by atoms with Gasteiger partial charge >= 0.3 is 6.03 Å². The highest BCUT2D eigenvalue weighted by Gasteiger charge is 2.19. The van der Waals surface area contributed by atoms with Crippen LogP contribution in [0, 0.1) is 5.82 Å². The first-order chi connectivity index (χ1) is 12.6. The molecule has 2 aromatic carbocycles. The van der Waals surface area contributed by atoms with E-state index in [1.807, 2.05) is 36.6 Å². The number of aromatic nitrogens is 1. The van der Waals surface area contributed by atoms with Crippen LogP contribution >= 0.6 is 27.3 Å². The van der Waals surface area contributed by atoms with E-state index in [0.717, 1.165) is 22.2 Å². The number of carbonyl (C=O) groups excluding carboxylic acids is 1. The molecule has 0 aliphatic carbocycles. The van der Waals surface area contributed by atoms with Gasteiger partial charge in [-0.2, -0.15) is 0 Å². The average Bonchev–Trinajstić information content (AvgIpc) is 3.11. The molecule has 0 atom stereocenters. The number of hydrogen-bond donors (Lipinski definition) is 1. The number of nitrogens with one attached hydrogen (secondary N) is 1. The number of anilines is 2. The maximum absolute atomic E-state index is 13.0. The number of hydrogen-bond acceptors (Lipinski definition) is 3. The number of halogens is 2. The number of nitrogens with zero attached hydrogens (tertiary/aromatic N) is 2. The van der Waals surface area contributed by atoms with E-state index < -0.39 is 0 Å². The Morgan fingerprint density at radius 2 is 2.04 bits per heavy atom. The van der Waals surface area contributed by atoms with E-state index in [1.165, 1.54) is 35.6 Å². The van der Waals surface area contributed by atoms with Gasteiger partial charge in [-0.3, -0.25) is 4.90 Å². The smallest absolute Gasteiger partial charge is 0.307 e. The van der Waals surface area contributed by atoms with Gasteiger partial charge in [-0.15, -0.1) is 11.3 Å². The summed E-state index contributed by atoms with van der Waals surface area (Å²) in [6.07, 6.45) is 0.794. The number of urea groups is 1. The summed E-state index contributed by atoms with van der Waals surface area (Å²) < 4.78 is 14.0. The van der Waals surface area contributed by atoms with Crippen molar-refractivity contribution in [2.75, 3.05) is 16.8 Å². The van der Waals surface area contributed by atoms with Gasteiger partial charge < -0.3 is 5.32 Å². The van der Waals surface area contributed by atoms with Gasteiger partial charge in [0.05, 0.1) is 5.69 Å². The summed E-state index contributed by atoms with van der Waals surface area (Å²) in [4.78, 5) is 18.9. The third-order valence-corrected chi connectivity index (χ3v) is 4.99. The number of carbonyl (C=O) groups is 1. The lowest BCUT2D eigenvalue weighted by Gasteiger charge is -2.19. The molecule has 1 N–H and O–H groups in total. The minimum absolute atomic E-state index is 0.284. The molecule has 7 heteroatoms. The molecule has 2 amide bonds. The third-order valence-electron chi connectivity index (χ3n) is 3.63. The third kappa shape index (κ3) is 4.47. The van der Waals surface area contributed by atoms with Crippen molar-refractivity contribution < 1.29 is 9.18 Å². The molecule has 26 heavy (non-hydrogen) atoms. The van der Waals surface area contributed by atoms with E-state index in [4.69, 9.17) is 0 Å². The quantitative estimate of drug-likeness (QED) is 0.523. The fourth-order valence-corrected chi connectivity index (χ4v) is 3.66. The van der Waals surface area contributed by atoms with Crippen molar-refractivity contribution in [3.8, 4) is 11.3 Å². The van der Waals surface area contributed by atoms with Crippen LogP contribution in [0.2, 0.25) is 0 Å². The molecule has 0 saturated carbocycles. The number of benzene rings is 2. The van der Waals surface area contributed by atoms with Gasteiger partial charge in [0.25, 0.3) is 0 Å². The molecule has 1 aromatic heterocycles. The molecular formula is C19H17BrFN3OS. The Morgan fingerprint density at radius 3 is 2.73 bits per heavy atom. The second kappa shape index (κ2) is 8.42. The maximum atomic E-state index is 13.0. The summed E-state index contributed by atoms with van der Waals surface area (Å²) in [5.41, 5.74) is 2.35. The Labute approximate surface area is 163 Å². The molecule has 0 aliphatic heterocycles. The summed E-state index contributed by atoms with van der Waals surface area (Å²) in [7, 11) is 0. The SMILES string of the molecule is CCCN(C(=O)Nc1ccc(F)cc1)c1nc(-c2cccc(Br)c2)cs1. The van der Waals surface area contributed by atoms with Gasteiger partial charge in [0.1, 0.15) is 5.82 Å². The summed E-state index contributed by atoms with van der Waals surface area (Å²) in [5, 5.41) is 5.35. The molecule has 1 heterocycles. The Bertz CT molecular complexity index is 898. The van der Waals surface area contributed by atoms with Crippen LogP contribution in [0.3, 0.4) is 0 Å². The van der Waals surface area contributed by atoms with Crippen LogP contribution in [0.15, 0.2) is 58.4 Å². The topological polar surface area (TPSA) is 45.2 Å². The molecule has 3 aromatic rings. The lowest BCUT2D eigenvalue weighted by atomic mass is 10.2. The monoisotopic (exact) mass is 433 g/mol. The number of amides is 2. The minimum Gasteiger partial charge on any atom is -0.307 e. The van der Waals surface area contributed by atoms with Crippen molar-refractivity contribution in [1.82, 2.24) is 4.98 Å². The van der Waals surface area contributed by atoms with Crippen LogP contribution < -0.4 is 10.2 Å². The van der Waals surface area contributed by atoms with Crippen molar-refractivity contribution in [2.24, 2.45) is 0 Å². The van der Waals surface area contributed by atoms with Gasteiger partial charge in [-0.1, -0.05) is 35.0 Å². The molecule has 134 valence electrons. The van der Waals surface area contributed by atoms with Crippen LogP contribution in [-0.2, 0) is 0 Å². The Morgan fingerprint density at radius 1 is 1.27 bits per heavy atom. The summed E-state index contributed by atoms with van der Waals surface area (Å²) in [6.45, 7) is 2.54. The molecule has 0 bridgehead atoms. The van der Waals surface area contributed by atoms with Gasteiger partial charge in [-0.05, 0) is 42.8 Å². The summed E-state index contributed by atoms with van der Waals surface area (Å²) in [5.74, 6) is -0.341. The fraction of sp³-hybridized carbons (Fsp3) is 0.158. The van der Waals surface area contributed by atoms with E-state index in [2.05, 4.69) is 26.2 Å². The van der Waals surface area contributed by atoms with Crippen molar-refractivity contribution in [3.63, 3.8) is 0 Å². The lowest BCUT2D eigenvalue weighted by molar-refractivity contribution is 0.257. The molecule has 4 nitrogen and oxygen atoms in total. The highest BCUT2D eigenvalue weighted by atomic mass is 79.9. The predicted molar refractivity (Wildman–Crippen MR) is 108 cm³/mol. The second-order valence-corrected chi connectivity index (χ2v) is 7.37. The van der Waals surface area contributed by atoms with Gasteiger partial charge in [-0.25, -0.2) is 14.2 Å². The molecule has 0 fully saturated rings. The zero-order chi connectivity index (χ0) is 18.5. The molecule has 0 aliphatic rings. The van der Waals surface area contributed by atoms with Crippen LogP contribution in [0.25, 0.3) is 11.3 Å². The average molecular weight is 434 g/mol. The molecule has 0 spiro atoms. The van der Waals surface area contributed by atoms with E-state index in [-0.39, 0.29) is 11.8 Å². The van der Waals surface area contributed by atoms with E-state index in [1.54, 1.807) is 4.90 Å². The first kappa shape index (κ1) is 18.5. The van der Waals surface area contributed by atoms with Crippen LogP contribution in [0.5, 0.6) is 0 Å². The normalized spacial score (nSPS) is 10.6. The van der Waals surface area contributed by atoms with E-state index >= 15 is 0 Å². The number of rotatable bonds is 5. The van der Waals surface area contributed by atoms with Crippen molar-refractivity contribution in [1.29, 1.82) is 0 Å². The van der Waals surface area contributed by atoms with Gasteiger partial charge in [0.2, 0.25) is 0 Å². The zero-order valence-corrected chi connectivity index (χ0v) is 16.5. The largest absolute Gasteiger partial charge is 0.328 e. The first-order valence-corrected chi connectivity index (χ1v) is 9.79. The fourth-order valence-electron chi connectivity index (χ4n) is 2.40. The Balaban J connectivity index is 1.81. The van der Waals surface area contributed by atoms with Gasteiger partial charge in [0.15, 0.2) is 5.13 Å². The molecule has 0 unspecified atom stereocenters. The Hall–Kier alpha value is -2.25. The van der Waals surface area contributed by atoms with Crippen LogP contribution in [0.4, 0.5) is 20.0 Å². The second-order valence-electron chi connectivity index (χ2n) is 5.61. The van der Waals surface area contributed by atoms with Crippen molar-refractivity contribution in [2.45, 2.75) is 13.3 Å². The zero-order valence-electron chi connectivity index (χ0n) is 14.1. The maximum Gasteiger partial charge on any atom is 0.328 e.